The maximum atomic E-state index is 12.2. The van der Waals surface area contributed by atoms with E-state index in [2.05, 4.69) is 27.2 Å². The number of rotatable bonds is 6. The molecule has 0 saturated carbocycles. The molecule has 7 nitrogen and oxygen atoms in total. The van der Waals surface area contributed by atoms with Gasteiger partial charge in [-0.2, -0.15) is 9.61 Å². The number of hydrogen-bond acceptors (Lipinski definition) is 8. The molecule has 9 heteroatoms. The van der Waals surface area contributed by atoms with Gasteiger partial charge in [0, 0.05) is 23.8 Å². The standard InChI is InChI=1S/C17H15N5O2S2/c1-2-6-13-21-22-14(23)9-12(18-16(22)26-13)10-25-17-20-19-15(24-17)11-7-4-3-5-8-11/h3-5,7-9H,2,6,10H2,1H3. The van der Waals surface area contributed by atoms with E-state index in [1.807, 2.05) is 30.3 Å². The van der Waals surface area contributed by atoms with Gasteiger partial charge in [-0.15, -0.1) is 10.2 Å². The molecule has 0 bridgehead atoms. The van der Waals surface area contributed by atoms with Crippen LogP contribution in [0.1, 0.15) is 24.0 Å². The first-order chi connectivity index (χ1) is 12.7. The van der Waals surface area contributed by atoms with E-state index in [4.69, 9.17) is 4.42 Å². The largest absolute Gasteiger partial charge is 0.411 e. The average Bonchev–Trinajstić information content (AvgIpc) is 3.28. The molecule has 0 atom stereocenters. The minimum Gasteiger partial charge on any atom is -0.411 e. The van der Waals surface area contributed by atoms with Crippen molar-refractivity contribution < 1.29 is 4.42 Å². The maximum Gasteiger partial charge on any atom is 0.277 e. The Balaban J connectivity index is 1.51. The van der Waals surface area contributed by atoms with Crippen molar-refractivity contribution in [2.24, 2.45) is 0 Å². The molecule has 0 spiro atoms. The van der Waals surface area contributed by atoms with Crippen molar-refractivity contribution in [1.29, 1.82) is 0 Å². The molecule has 1 aromatic carbocycles. The number of thioether (sulfide) groups is 1. The lowest BCUT2D eigenvalue weighted by Gasteiger charge is -1.97. The van der Waals surface area contributed by atoms with Gasteiger partial charge in [0.2, 0.25) is 10.9 Å². The number of nitrogens with zero attached hydrogens (tertiary/aromatic N) is 5. The summed E-state index contributed by atoms with van der Waals surface area (Å²) in [4.78, 5) is 17.4. The quantitative estimate of drug-likeness (QED) is 0.470. The summed E-state index contributed by atoms with van der Waals surface area (Å²) < 4.78 is 7.03. The van der Waals surface area contributed by atoms with Crippen molar-refractivity contribution >= 4 is 28.1 Å². The number of hydrogen-bond donors (Lipinski definition) is 0. The molecule has 3 aromatic heterocycles. The zero-order valence-corrected chi connectivity index (χ0v) is 15.6. The Kier molecular flexibility index (Phi) is 4.81. The van der Waals surface area contributed by atoms with Gasteiger partial charge in [0.1, 0.15) is 5.01 Å². The molecule has 0 radical (unpaired) electrons. The number of benzene rings is 1. The lowest BCUT2D eigenvalue weighted by molar-refractivity contribution is 0.466. The summed E-state index contributed by atoms with van der Waals surface area (Å²) in [6.07, 6.45) is 1.83. The van der Waals surface area contributed by atoms with Crippen LogP contribution in [0.25, 0.3) is 16.4 Å². The number of fused-ring (bicyclic) bond motifs is 1. The second-order valence-electron chi connectivity index (χ2n) is 5.55. The highest BCUT2D eigenvalue weighted by atomic mass is 32.2. The fourth-order valence-corrected chi connectivity index (χ4v) is 4.06. The summed E-state index contributed by atoms with van der Waals surface area (Å²) in [6.45, 7) is 2.08. The Morgan fingerprint density at radius 1 is 1.23 bits per heavy atom. The highest BCUT2D eigenvalue weighted by Gasteiger charge is 2.12. The predicted molar refractivity (Wildman–Crippen MR) is 100 cm³/mol. The SMILES string of the molecule is CCCc1nn2c(=O)cc(CSc3nnc(-c4ccccc4)o3)nc2s1. The van der Waals surface area contributed by atoms with E-state index in [0.29, 0.717) is 27.5 Å². The zero-order valence-electron chi connectivity index (χ0n) is 14.0. The van der Waals surface area contributed by atoms with Crippen LogP contribution in [0, 0.1) is 0 Å². The maximum absolute atomic E-state index is 12.2. The minimum atomic E-state index is -0.167. The van der Waals surface area contributed by atoms with E-state index in [-0.39, 0.29) is 5.56 Å². The van der Waals surface area contributed by atoms with Crippen LogP contribution in [0.3, 0.4) is 0 Å². The van der Waals surface area contributed by atoms with Gasteiger partial charge >= 0.3 is 0 Å². The molecule has 0 aliphatic heterocycles. The molecule has 3 heterocycles. The molecule has 26 heavy (non-hydrogen) atoms. The third-order valence-electron chi connectivity index (χ3n) is 3.57. The Bertz CT molecular complexity index is 1090. The van der Waals surface area contributed by atoms with Crippen LogP contribution in [0.4, 0.5) is 0 Å². The Labute approximate surface area is 157 Å². The Hall–Kier alpha value is -2.52. The topological polar surface area (TPSA) is 86.2 Å². The zero-order chi connectivity index (χ0) is 17.9. The third kappa shape index (κ3) is 3.54. The van der Waals surface area contributed by atoms with Gasteiger partial charge < -0.3 is 4.42 Å². The first-order valence-electron chi connectivity index (χ1n) is 8.13. The Morgan fingerprint density at radius 2 is 2.08 bits per heavy atom. The van der Waals surface area contributed by atoms with Crippen molar-refractivity contribution in [2.75, 3.05) is 0 Å². The van der Waals surface area contributed by atoms with Crippen molar-refractivity contribution in [1.82, 2.24) is 24.8 Å². The molecule has 0 aliphatic carbocycles. The van der Waals surface area contributed by atoms with Gasteiger partial charge in [-0.1, -0.05) is 48.2 Å². The molecule has 0 fully saturated rings. The summed E-state index contributed by atoms with van der Waals surface area (Å²) in [5.74, 6) is 0.951. The molecular weight excluding hydrogens is 370 g/mol. The van der Waals surface area contributed by atoms with Crippen LogP contribution in [0.15, 0.2) is 50.8 Å². The normalized spacial score (nSPS) is 11.3. The summed E-state index contributed by atoms with van der Waals surface area (Å²) >= 11 is 2.81. The first-order valence-corrected chi connectivity index (χ1v) is 9.93. The molecule has 0 amide bonds. The van der Waals surface area contributed by atoms with Crippen molar-refractivity contribution in [3.63, 3.8) is 0 Å². The minimum absolute atomic E-state index is 0.167. The van der Waals surface area contributed by atoms with Crippen LogP contribution >= 0.6 is 23.1 Å². The van der Waals surface area contributed by atoms with Crippen LogP contribution in [-0.4, -0.2) is 24.8 Å². The van der Waals surface area contributed by atoms with Gasteiger partial charge in [-0.05, 0) is 18.6 Å². The second-order valence-corrected chi connectivity index (χ2v) is 7.52. The Morgan fingerprint density at radius 3 is 2.88 bits per heavy atom. The van der Waals surface area contributed by atoms with E-state index in [1.54, 1.807) is 0 Å². The summed E-state index contributed by atoms with van der Waals surface area (Å²) in [7, 11) is 0. The van der Waals surface area contributed by atoms with Gasteiger partial charge in [0.15, 0.2) is 0 Å². The van der Waals surface area contributed by atoms with Crippen LogP contribution in [-0.2, 0) is 12.2 Å². The van der Waals surface area contributed by atoms with E-state index >= 15 is 0 Å². The van der Waals surface area contributed by atoms with Crippen LogP contribution < -0.4 is 5.56 Å². The fourth-order valence-electron chi connectivity index (χ4n) is 2.39. The number of aryl methyl sites for hydroxylation is 1. The van der Waals surface area contributed by atoms with E-state index < -0.39 is 0 Å². The second kappa shape index (κ2) is 7.38. The smallest absolute Gasteiger partial charge is 0.277 e. The fraction of sp³-hybridized carbons (Fsp3) is 0.235. The first kappa shape index (κ1) is 16.9. The van der Waals surface area contributed by atoms with E-state index in [9.17, 15) is 4.79 Å². The van der Waals surface area contributed by atoms with Crippen LogP contribution in [0.2, 0.25) is 0 Å². The molecule has 0 aliphatic rings. The molecule has 0 N–H and O–H groups in total. The van der Waals surface area contributed by atoms with Gasteiger partial charge in [0.05, 0.1) is 5.69 Å². The summed E-state index contributed by atoms with van der Waals surface area (Å²) in [5.41, 5.74) is 1.38. The van der Waals surface area contributed by atoms with Crippen molar-refractivity contribution in [2.45, 2.75) is 30.7 Å². The highest BCUT2D eigenvalue weighted by Crippen LogP contribution is 2.25. The van der Waals surface area contributed by atoms with Crippen LogP contribution in [0.5, 0.6) is 0 Å². The highest BCUT2D eigenvalue weighted by molar-refractivity contribution is 7.98. The van der Waals surface area contributed by atoms with Gasteiger partial charge in [0.25, 0.3) is 10.8 Å². The predicted octanol–water partition coefficient (Wildman–Crippen LogP) is 3.45. The summed E-state index contributed by atoms with van der Waals surface area (Å²) in [5, 5.41) is 13.8. The van der Waals surface area contributed by atoms with Crippen molar-refractivity contribution in [3.8, 4) is 11.5 Å². The lowest BCUT2D eigenvalue weighted by Crippen LogP contribution is -2.15. The molecule has 4 aromatic rings. The van der Waals surface area contributed by atoms with Crippen molar-refractivity contribution in [3.05, 3.63) is 57.5 Å². The van der Waals surface area contributed by atoms with E-state index in [0.717, 1.165) is 23.4 Å². The lowest BCUT2D eigenvalue weighted by atomic mass is 10.2. The molecule has 4 rings (SSSR count). The molecule has 0 saturated heterocycles. The van der Waals surface area contributed by atoms with Gasteiger partial charge in [-0.3, -0.25) is 4.79 Å². The molecule has 0 unspecified atom stereocenters. The summed E-state index contributed by atoms with van der Waals surface area (Å²) in [6, 6.07) is 11.1. The average molecular weight is 385 g/mol. The van der Waals surface area contributed by atoms with E-state index in [1.165, 1.54) is 33.7 Å². The van der Waals surface area contributed by atoms with Gasteiger partial charge in [-0.25, -0.2) is 4.98 Å². The molecule has 132 valence electrons. The number of aromatic nitrogens is 5. The monoisotopic (exact) mass is 385 g/mol. The third-order valence-corrected chi connectivity index (χ3v) is 5.39. The molecular formula is C17H15N5O2S2.